The molecule has 180 valence electrons. The molecule has 0 radical (unpaired) electrons. The van der Waals surface area contributed by atoms with Crippen molar-refractivity contribution in [3.05, 3.63) is 82.7 Å². The Morgan fingerprint density at radius 3 is 2.43 bits per heavy atom. The van der Waals surface area contributed by atoms with E-state index in [0.29, 0.717) is 44.2 Å². The minimum atomic E-state index is -3.78. The fourth-order valence-corrected chi connectivity index (χ4v) is 5.07. The fraction of sp³-hybridized carbons (Fsp3) is 0.0833. The van der Waals surface area contributed by atoms with Crippen LogP contribution < -0.4 is 19.5 Å². The Bertz CT molecular complexity index is 1470. The van der Waals surface area contributed by atoms with Crippen LogP contribution in [0.3, 0.4) is 0 Å². The number of nitrogens with one attached hydrogen (secondary N) is 2. The lowest BCUT2D eigenvalue weighted by Crippen LogP contribution is -2.12. The van der Waals surface area contributed by atoms with Crippen molar-refractivity contribution in [3.8, 4) is 22.8 Å². The van der Waals surface area contributed by atoms with Gasteiger partial charge in [-0.05, 0) is 54.6 Å². The first-order valence-corrected chi connectivity index (χ1v) is 12.9. The molecule has 0 atom stereocenters. The molecule has 0 unspecified atom stereocenters. The molecule has 0 saturated carbocycles. The summed E-state index contributed by atoms with van der Waals surface area (Å²) >= 11 is 7.10. The van der Waals surface area contributed by atoms with Crippen LogP contribution in [0.15, 0.2) is 77.0 Å². The van der Waals surface area contributed by atoms with Gasteiger partial charge in [0.15, 0.2) is 16.6 Å². The third-order valence-electron chi connectivity index (χ3n) is 4.90. The monoisotopic (exact) mass is 529 g/mol. The molecule has 0 saturated heterocycles. The Hall–Kier alpha value is -3.60. The first-order chi connectivity index (χ1) is 16.8. The number of rotatable bonds is 8. The van der Waals surface area contributed by atoms with Gasteiger partial charge in [-0.15, -0.1) is 11.3 Å². The van der Waals surface area contributed by atoms with Crippen LogP contribution >= 0.6 is 22.9 Å². The number of halogens is 1. The Labute approximate surface area is 211 Å². The highest BCUT2D eigenvalue weighted by Crippen LogP contribution is 2.30. The van der Waals surface area contributed by atoms with E-state index in [1.54, 1.807) is 47.8 Å². The third kappa shape index (κ3) is 5.73. The summed E-state index contributed by atoms with van der Waals surface area (Å²) in [5, 5.41) is 5.38. The maximum atomic E-state index is 12.7. The fourth-order valence-electron chi connectivity index (χ4n) is 3.18. The Morgan fingerprint density at radius 2 is 1.71 bits per heavy atom. The number of anilines is 2. The predicted molar refractivity (Wildman–Crippen MR) is 137 cm³/mol. The first kappa shape index (κ1) is 24.5. The molecule has 35 heavy (non-hydrogen) atoms. The van der Waals surface area contributed by atoms with E-state index >= 15 is 0 Å². The number of benzene rings is 3. The van der Waals surface area contributed by atoms with Crippen LogP contribution in [0.2, 0.25) is 5.02 Å². The maximum absolute atomic E-state index is 12.7. The molecule has 3 aromatic carbocycles. The van der Waals surface area contributed by atoms with Crippen molar-refractivity contribution >= 4 is 49.7 Å². The van der Waals surface area contributed by atoms with E-state index < -0.39 is 10.0 Å². The lowest BCUT2D eigenvalue weighted by atomic mass is 10.1. The summed E-state index contributed by atoms with van der Waals surface area (Å²) in [5.41, 5.74) is 2.04. The van der Waals surface area contributed by atoms with Gasteiger partial charge >= 0.3 is 0 Å². The summed E-state index contributed by atoms with van der Waals surface area (Å²) < 4.78 is 38.3. The molecule has 0 aliphatic heterocycles. The van der Waals surface area contributed by atoms with Crippen LogP contribution in [-0.4, -0.2) is 33.5 Å². The van der Waals surface area contributed by atoms with Crippen molar-refractivity contribution in [3.63, 3.8) is 0 Å². The average Bonchev–Trinajstić information content (AvgIpc) is 3.32. The molecule has 0 spiro atoms. The first-order valence-electron chi connectivity index (χ1n) is 10.2. The molecule has 1 aromatic heterocycles. The lowest BCUT2D eigenvalue weighted by molar-refractivity contribution is 0.102. The number of hydrogen-bond donors (Lipinski definition) is 2. The number of methoxy groups -OCH3 is 2. The van der Waals surface area contributed by atoms with Gasteiger partial charge in [0.1, 0.15) is 0 Å². The second-order valence-corrected chi connectivity index (χ2v) is 10.2. The van der Waals surface area contributed by atoms with Crippen LogP contribution in [0.5, 0.6) is 11.5 Å². The van der Waals surface area contributed by atoms with E-state index in [1.165, 1.54) is 49.8 Å². The molecule has 0 fully saturated rings. The Balaban J connectivity index is 1.49. The highest BCUT2D eigenvalue weighted by atomic mass is 35.5. The SMILES string of the molecule is COc1ccc(C(=O)Nc2nc(-c3cccc(NS(=O)(=O)c4ccc(Cl)cc4)c3)cs2)cc1OC. The van der Waals surface area contributed by atoms with Gasteiger partial charge in [-0.1, -0.05) is 23.7 Å². The molecular weight excluding hydrogens is 510 g/mol. The molecule has 4 rings (SSSR count). The summed E-state index contributed by atoms with van der Waals surface area (Å²) in [6.45, 7) is 0. The number of sulfonamides is 1. The largest absolute Gasteiger partial charge is 0.493 e. The van der Waals surface area contributed by atoms with E-state index in [2.05, 4.69) is 15.0 Å². The van der Waals surface area contributed by atoms with Crippen LogP contribution in [-0.2, 0) is 10.0 Å². The number of hydrogen-bond acceptors (Lipinski definition) is 7. The minimum absolute atomic E-state index is 0.0983. The van der Waals surface area contributed by atoms with Gasteiger partial charge in [0, 0.05) is 27.2 Å². The summed E-state index contributed by atoms with van der Waals surface area (Å²) in [5.74, 6) is 0.612. The van der Waals surface area contributed by atoms with Crippen LogP contribution in [0, 0.1) is 0 Å². The third-order valence-corrected chi connectivity index (χ3v) is 7.31. The lowest BCUT2D eigenvalue weighted by Gasteiger charge is -2.09. The minimum Gasteiger partial charge on any atom is -0.493 e. The highest BCUT2D eigenvalue weighted by molar-refractivity contribution is 7.92. The number of nitrogens with zero attached hydrogens (tertiary/aromatic N) is 1. The molecule has 0 aliphatic carbocycles. The average molecular weight is 530 g/mol. The molecule has 8 nitrogen and oxygen atoms in total. The van der Waals surface area contributed by atoms with Gasteiger partial charge < -0.3 is 9.47 Å². The summed E-state index contributed by atoms with van der Waals surface area (Å²) in [6, 6.07) is 17.6. The van der Waals surface area contributed by atoms with E-state index in [-0.39, 0.29) is 10.8 Å². The summed E-state index contributed by atoms with van der Waals surface area (Å²) in [6.07, 6.45) is 0. The van der Waals surface area contributed by atoms with Crippen molar-refractivity contribution in [2.75, 3.05) is 24.3 Å². The van der Waals surface area contributed by atoms with Crippen molar-refractivity contribution in [2.24, 2.45) is 0 Å². The van der Waals surface area contributed by atoms with Crippen molar-refractivity contribution in [1.82, 2.24) is 4.98 Å². The Morgan fingerprint density at radius 1 is 0.971 bits per heavy atom. The number of carbonyl (C=O) groups is 1. The maximum Gasteiger partial charge on any atom is 0.261 e. The van der Waals surface area contributed by atoms with Gasteiger partial charge in [-0.2, -0.15) is 0 Å². The molecule has 4 aromatic rings. The standard InChI is InChI=1S/C24H20ClN3O5S2/c1-32-21-11-6-16(13-22(21)33-2)23(29)27-24-26-20(14-34-24)15-4-3-5-18(12-15)28-35(30,31)19-9-7-17(25)8-10-19/h3-14,28H,1-2H3,(H,26,27,29). The number of carbonyl (C=O) groups excluding carboxylic acids is 1. The topological polar surface area (TPSA) is 107 Å². The van der Waals surface area contributed by atoms with Crippen LogP contribution in [0.1, 0.15) is 10.4 Å². The van der Waals surface area contributed by atoms with Crippen LogP contribution in [0.4, 0.5) is 10.8 Å². The van der Waals surface area contributed by atoms with E-state index in [9.17, 15) is 13.2 Å². The van der Waals surface area contributed by atoms with E-state index in [1.807, 2.05) is 0 Å². The van der Waals surface area contributed by atoms with E-state index in [4.69, 9.17) is 21.1 Å². The smallest absolute Gasteiger partial charge is 0.261 e. The molecule has 11 heteroatoms. The normalized spacial score (nSPS) is 11.1. The molecule has 1 heterocycles. The van der Waals surface area contributed by atoms with Crippen molar-refractivity contribution in [2.45, 2.75) is 4.90 Å². The zero-order valence-corrected chi connectivity index (χ0v) is 21.0. The number of ether oxygens (including phenoxy) is 2. The van der Waals surface area contributed by atoms with Gasteiger partial charge in [-0.25, -0.2) is 13.4 Å². The molecular formula is C24H20ClN3O5S2. The predicted octanol–water partition coefficient (Wildman–Crippen LogP) is 5.53. The molecule has 1 amide bonds. The number of thiazole rings is 1. The zero-order chi connectivity index (χ0) is 25.0. The van der Waals surface area contributed by atoms with Gasteiger partial charge in [-0.3, -0.25) is 14.8 Å². The van der Waals surface area contributed by atoms with Crippen LogP contribution in [0.25, 0.3) is 11.3 Å². The molecule has 0 bridgehead atoms. The molecule has 0 aliphatic rings. The number of amides is 1. The number of aromatic nitrogens is 1. The Kier molecular flexibility index (Phi) is 7.25. The zero-order valence-electron chi connectivity index (χ0n) is 18.6. The van der Waals surface area contributed by atoms with Gasteiger partial charge in [0.05, 0.1) is 24.8 Å². The summed E-state index contributed by atoms with van der Waals surface area (Å²) in [4.78, 5) is 17.2. The van der Waals surface area contributed by atoms with E-state index in [0.717, 1.165) is 0 Å². The second-order valence-electron chi connectivity index (χ2n) is 7.20. The summed E-state index contributed by atoms with van der Waals surface area (Å²) in [7, 11) is -0.767. The van der Waals surface area contributed by atoms with Gasteiger partial charge in [0.25, 0.3) is 15.9 Å². The second kappa shape index (κ2) is 10.3. The van der Waals surface area contributed by atoms with Gasteiger partial charge in [0.2, 0.25) is 0 Å². The highest BCUT2D eigenvalue weighted by Gasteiger charge is 2.16. The van der Waals surface area contributed by atoms with Crippen molar-refractivity contribution in [1.29, 1.82) is 0 Å². The quantitative estimate of drug-likeness (QED) is 0.310. The van der Waals surface area contributed by atoms with Crippen molar-refractivity contribution < 1.29 is 22.7 Å². The molecule has 2 N–H and O–H groups in total.